The Labute approximate surface area is 135 Å². The molecule has 8 heteroatoms. The summed E-state index contributed by atoms with van der Waals surface area (Å²) in [4.78, 5) is 0. The van der Waals surface area contributed by atoms with Gasteiger partial charge in [0, 0.05) is 19.1 Å². The maximum Gasteiger partial charge on any atom is 0.252 e. The maximum absolute atomic E-state index is 12.6. The van der Waals surface area contributed by atoms with Crippen molar-refractivity contribution in [1.29, 1.82) is 0 Å². The lowest BCUT2D eigenvalue weighted by Gasteiger charge is -2.33. The average molecular weight is 359 g/mol. The fraction of sp³-hybridized carbons (Fsp3) is 0.667. The number of hydrogen-bond donors (Lipinski definition) is 1. The summed E-state index contributed by atoms with van der Waals surface area (Å²) in [5.41, 5.74) is 6.71. The van der Waals surface area contributed by atoms with E-state index in [9.17, 15) is 8.42 Å². The number of hydrogen-bond acceptors (Lipinski definition) is 4. The lowest BCUT2D eigenvalue weighted by molar-refractivity contribution is 0.243. The number of nitrogens with zero attached hydrogens (tertiary/aromatic N) is 1. The number of rotatable bonds is 3. The topological polar surface area (TPSA) is 63.4 Å². The molecule has 1 fully saturated rings. The van der Waals surface area contributed by atoms with Crippen LogP contribution in [-0.4, -0.2) is 31.9 Å². The van der Waals surface area contributed by atoms with Crippen LogP contribution in [0.5, 0.6) is 0 Å². The van der Waals surface area contributed by atoms with Crippen molar-refractivity contribution in [3.05, 3.63) is 16.0 Å². The lowest BCUT2D eigenvalue weighted by Crippen LogP contribution is -2.44. The highest BCUT2D eigenvalue weighted by Crippen LogP contribution is 2.33. The summed E-state index contributed by atoms with van der Waals surface area (Å²) >= 11 is 7.10. The second-order valence-corrected chi connectivity index (χ2v) is 8.97. The molecular weight excluding hydrogens is 339 g/mol. The van der Waals surface area contributed by atoms with E-state index in [1.165, 1.54) is 0 Å². The Kier molecular flexibility index (Phi) is 6.32. The molecule has 1 aliphatic heterocycles. The minimum absolute atomic E-state index is 0. The molecule has 0 radical (unpaired) electrons. The van der Waals surface area contributed by atoms with E-state index in [0.717, 1.165) is 29.7 Å². The summed E-state index contributed by atoms with van der Waals surface area (Å²) in [7, 11) is -3.42. The quantitative estimate of drug-likeness (QED) is 0.903. The molecule has 1 aromatic heterocycles. The van der Waals surface area contributed by atoms with Crippen LogP contribution in [0.4, 0.5) is 0 Å². The van der Waals surface area contributed by atoms with Crippen LogP contribution in [0.25, 0.3) is 0 Å². The van der Waals surface area contributed by atoms with Crippen molar-refractivity contribution in [2.75, 3.05) is 13.1 Å². The molecule has 0 saturated carbocycles. The van der Waals surface area contributed by atoms with Crippen molar-refractivity contribution in [2.24, 2.45) is 11.7 Å². The van der Waals surface area contributed by atoms with Gasteiger partial charge in [0.15, 0.2) is 0 Å². The highest BCUT2D eigenvalue weighted by molar-refractivity contribution is 7.91. The van der Waals surface area contributed by atoms with Gasteiger partial charge in [0.05, 0.1) is 4.34 Å². The summed E-state index contributed by atoms with van der Waals surface area (Å²) in [6, 6.07) is 1.67. The van der Waals surface area contributed by atoms with Gasteiger partial charge < -0.3 is 5.73 Å². The number of sulfonamides is 1. The largest absolute Gasteiger partial charge is 0.328 e. The Morgan fingerprint density at radius 3 is 2.70 bits per heavy atom. The van der Waals surface area contributed by atoms with Gasteiger partial charge in [-0.05, 0) is 44.2 Å². The first kappa shape index (κ1) is 18.2. The van der Waals surface area contributed by atoms with Gasteiger partial charge >= 0.3 is 0 Å². The molecule has 1 saturated heterocycles. The minimum atomic E-state index is -3.42. The zero-order valence-electron chi connectivity index (χ0n) is 11.5. The third-order valence-corrected chi connectivity index (χ3v) is 7.46. The van der Waals surface area contributed by atoms with Crippen LogP contribution in [0.15, 0.2) is 10.3 Å². The SMILES string of the molecule is Cc1cc(S(=O)(=O)N2CCCC(C(C)N)C2)sc1Cl.Cl. The second-order valence-electron chi connectivity index (χ2n) is 5.15. The average Bonchev–Trinajstić information content (AvgIpc) is 2.70. The van der Waals surface area contributed by atoms with E-state index in [1.54, 1.807) is 10.4 Å². The van der Waals surface area contributed by atoms with E-state index in [2.05, 4.69) is 0 Å². The number of halogens is 2. The van der Waals surface area contributed by atoms with E-state index in [4.69, 9.17) is 17.3 Å². The molecule has 0 spiro atoms. The van der Waals surface area contributed by atoms with Gasteiger partial charge in [-0.2, -0.15) is 4.31 Å². The molecule has 0 amide bonds. The van der Waals surface area contributed by atoms with Gasteiger partial charge in [-0.15, -0.1) is 23.7 Å². The van der Waals surface area contributed by atoms with Gasteiger partial charge in [-0.25, -0.2) is 8.42 Å². The number of piperidine rings is 1. The van der Waals surface area contributed by atoms with Crippen molar-refractivity contribution in [1.82, 2.24) is 4.31 Å². The van der Waals surface area contributed by atoms with Crippen LogP contribution in [0, 0.1) is 12.8 Å². The predicted octanol–water partition coefficient (Wildman–Crippen LogP) is 2.88. The highest BCUT2D eigenvalue weighted by atomic mass is 35.5. The summed E-state index contributed by atoms with van der Waals surface area (Å²) in [6.07, 6.45) is 1.86. The Morgan fingerprint density at radius 1 is 1.55 bits per heavy atom. The Hall–Kier alpha value is 0.150. The summed E-state index contributed by atoms with van der Waals surface area (Å²) in [6.45, 7) is 4.83. The molecular formula is C12H20Cl2N2O2S2. The first-order chi connectivity index (χ1) is 8.82. The molecule has 2 rings (SSSR count). The molecule has 1 aromatic rings. The molecule has 2 unspecified atom stereocenters. The number of thiophene rings is 1. The van der Waals surface area contributed by atoms with E-state index >= 15 is 0 Å². The van der Waals surface area contributed by atoms with Gasteiger partial charge in [0.2, 0.25) is 0 Å². The van der Waals surface area contributed by atoms with Crippen LogP contribution >= 0.6 is 35.3 Å². The van der Waals surface area contributed by atoms with E-state index in [1.807, 2.05) is 13.8 Å². The second kappa shape index (κ2) is 6.94. The van der Waals surface area contributed by atoms with Crippen LogP contribution in [-0.2, 0) is 10.0 Å². The number of nitrogens with two attached hydrogens (primary N) is 1. The Bertz CT molecular complexity index is 538. The molecule has 2 heterocycles. The maximum atomic E-state index is 12.6. The van der Waals surface area contributed by atoms with E-state index in [0.29, 0.717) is 21.6 Å². The summed E-state index contributed by atoms with van der Waals surface area (Å²) in [5.74, 6) is 0.236. The monoisotopic (exact) mass is 358 g/mol. The van der Waals surface area contributed by atoms with Crippen molar-refractivity contribution >= 4 is 45.4 Å². The van der Waals surface area contributed by atoms with Crippen molar-refractivity contribution < 1.29 is 8.42 Å². The standard InChI is InChI=1S/C12H19ClN2O2S2.ClH/c1-8-6-11(18-12(8)13)19(16,17)15-5-3-4-10(7-15)9(2)14;/h6,9-10H,3-5,7,14H2,1-2H3;1H. The Balaban J connectivity index is 0.00000200. The van der Waals surface area contributed by atoms with Crippen LogP contribution < -0.4 is 5.73 Å². The van der Waals surface area contributed by atoms with Gasteiger partial charge in [-0.1, -0.05) is 11.6 Å². The molecule has 0 aromatic carbocycles. The zero-order chi connectivity index (χ0) is 14.2. The third-order valence-electron chi connectivity index (χ3n) is 3.59. The van der Waals surface area contributed by atoms with Crippen LogP contribution in [0.2, 0.25) is 4.34 Å². The summed E-state index contributed by atoms with van der Waals surface area (Å²) in [5, 5.41) is 0. The molecule has 2 N–H and O–H groups in total. The fourth-order valence-corrected chi connectivity index (χ4v) is 5.71. The fourth-order valence-electron chi connectivity index (χ4n) is 2.31. The van der Waals surface area contributed by atoms with Gasteiger partial charge in [0.1, 0.15) is 4.21 Å². The summed E-state index contributed by atoms with van der Waals surface area (Å²) < 4.78 is 27.5. The van der Waals surface area contributed by atoms with Crippen molar-refractivity contribution in [3.63, 3.8) is 0 Å². The molecule has 20 heavy (non-hydrogen) atoms. The molecule has 116 valence electrons. The number of aryl methyl sites for hydroxylation is 1. The molecule has 1 aliphatic rings. The van der Waals surface area contributed by atoms with Crippen LogP contribution in [0.1, 0.15) is 25.3 Å². The predicted molar refractivity (Wildman–Crippen MR) is 86.4 cm³/mol. The molecule has 4 nitrogen and oxygen atoms in total. The molecule has 0 bridgehead atoms. The van der Waals surface area contributed by atoms with Gasteiger partial charge in [-0.3, -0.25) is 0 Å². The normalized spacial score (nSPS) is 22.3. The van der Waals surface area contributed by atoms with E-state index in [-0.39, 0.29) is 24.4 Å². The van der Waals surface area contributed by atoms with E-state index < -0.39 is 10.0 Å². The smallest absolute Gasteiger partial charge is 0.252 e. The first-order valence-electron chi connectivity index (χ1n) is 6.34. The minimum Gasteiger partial charge on any atom is -0.328 e. The highest BCUT2D eigenvalue weighted by Gasteiger charge is 2.32. The third kappa shape index (κ3) is 3.67. The van der Waals surface area contributed by atoms with Gasteiger partial charge in [0.25, 0.3) is 10.0 Å². The van der Waals surface area contributed by atoms with Crippen molar-refractivity contribution in [2.45, 2.75) is 36.9 Å². The van der Waals surface area contributed by atoms with Crippen molar-refractivity contribution in [3.8, 4) is 0 Å². The zero-order valence-corrected chi connectivity index (χ0v) is 14.7. The Morgan fingerprint density at radius 2 is 2.20 bits per heavy atom. The molecule has 2 atom stereocenters. The molecule has 0 aliphatic carbocycles. The lowest BCUT2D eigenvalue weighted by atomic mass is 9.93. The first-order valence-corrected chi connectivity index (χ1v) is 8.97. The van der Waals surface area contributed by atoms with Crippen LogP contribution in [0.3, 0.4) is 0 Å².